The van der Waals surface area contributed by atoms with Gasteiger partial charge >= 0.3 is 8.25 Å². The fraction of sp³-hybridized carbons (Fsp3) is 0.667. The minimum atomic E-state index is -2.27. The second-order valence-electron chi connectivity index (χ2n) is 8.18. The number of nitrogen functional groups attached to an aromatic ring is 1. The molecule has 0 radical (unpaired) electrons. The number of nitrogens with two attached hydrogens (primary N) is 1. The van der Waals surface area contributed by atoms with Crippen molar-refractivity contribution in [2.75, 3.05) is 24.7 Å². The normalized spacial score (nSPS) is 22.5. The lowest BCUT2D eigenvalue weighted by Gasteiger charge is -2.17. The van der Waals surface area contributed by atoms with Crippen LogP contribution in [-0.4, -0.2) is 49.7 Å². The lowest BCUT2D eigenvalue weighted by Crippen LogP contribution is -2.17. The van der Waals surface area contributed by atoms with E-state index < -0.39 is 13.7 Å². The highest BCUT2D eigenvalue weighted by molar-refractivity contribution is 8.13. The van der Waals surface area contributed by atoms with Crippen molar-refractivity contribution in [3.05, 3.63) is 12.7 Å². The third kappa shape index (κ3) is 5.53. The van der Waals surface area contributed by atoms with Gasteiger partial charge in [-0.3, -0.25) is 9.36 Å². The number of hydrogen-bond donors (Lipinski definition) is 1. The molecule has 0 aliphatic carbocycles. The Morgan fingerprint density at radius 2 is 2.13 bits per heavy atom. The molecule has 1 fully saturated rings. The number of anilines is 1. The van der Waals surface area contributed by atoms with Crippen molar-refractivity contribution < 1.29 is 23.1 Å². The Morgan fingerprint density at radius 3 is 2.87 bits per heavy atom. The number of rotatable bonds is 8. The average molecular weight is 456 g/mol. The minimum absolute atomic E-state index is 0.0701. The summed E-state index contributed by atoms with van der Waals surface area (Å²) >= 11 is 1.17. The predicted molar refractivity (Wildman–Crippen MR) is 114 cm³/mol. The zero-order valence-corrected chi connectivity index (χ0v) is 19.2. The first-order valence-electron chi connectivity index (χ1n) is 9.65. The van der Waals surface area contributed by atoms with Crippen molar-refractivity contribution in [2.24, 2.45) is 11.3 Å². The quantitative estimate of drug-likeness (QED) is 0.466. The van der Waals surface area contributed by atoms with E-state index in [0.717, 1.165) is 6.42 Å². The van der Waals surface area contributed by atoms with Crippen molar-refractivity contribution in [2.45, 2.75) is 46.4 Å². The van der Waals surface area contributed by atoms with Crippen LogP contribution in [0.1, 0.15) is 40.3 Å². The van der Waals surface area contributed by atoms with Crippen molar-refractivity contribution in [1.29, 1.82) is 0 Å². The maximum absolute atomic E-state index is 12.0. The highest BCUT2D eigenvalue weighted by atomic mass is 32.2. The molecule has 4 unspecified atom stereocenters. The summed E-state index contributed by atoms with van der Waals surface area (Å²) in [6, 6.07) is 0. The Morgan fingerprint density at radius 1 is 1.37 bits per heavy atom. The fourth-order valence-corrected chi connectivity index (χ4v) is 4.58. The molecule has 3 rings (SSSR count). The number of carbonyl (C=O) groups is 1. The second kappa shape index (κ2) is 9.65. The zero-order valence-electron chi connectivity index (χ0n) is 17.5. The second-order valence-corrected chi connectivity index (χ2v) is 10.2. The van der Waals surface area contributed by atoms with E-state index >= 15 is 0 Å². The monoisotopic (exact) mass is 456 g/mol. The van der Waals surface area contributed by atoms with Crippen LogP contribution in [0.4, 0.5) is 5.82 Å². The van der Waals surface area contributed by atoms with Crippen LogP contribution in [0.5, 0.6) is 0 Å². The summed E-state index contributed by atoms with van der Waals surface area (Å²) in [5.74, 6) is 0.921. The summed E-state index contributed by atoms with van der Waals surface area (Å²) in [4.78, 5) is 24.3. The first kappa shape index (κ1) is 23.0. The summed E-state index contributed by atoms with van der Waals surface area (Å²) < 4.78 is 30.4. The van der Waals surface area contributed by atoms with Gasteiger partial charge in [-0.1, -0.05) is 39.5 Å². The molecule has 0 bridgehead atoms. The Kier molecular flexibility index (Phi) is 7.41. The highest BCUT2D eigenvalue weighted by Gasteiger charge is 2.37. The number of fused-ring (bicyclic) bond motifs is 1. The van der Waals surface area contributed by atoms with Crippen LogP contribution >= 0.6 is 20.0 Å². The summed E-state index contributed by atoms with van der Waals surface area (Å²) in [5.41, 5.74) is 6.58. The highest BCUT2D eigenvalue weighted by Crippen LogP contribution is 2.37. The molecular formula is C18H27N5O5PS+. The van der Waals surface area contributed by atoms with Crippen LogP contribution in [0.15, 0.2) is 12.7 Å². The van der Waals surface area contributed by atoms with Gasteiger partial charge in [0, 0.05) is 21.7 Å². The molecule has 2 N–H and O–H groups in total. The summed E-state index contributed by atoms with van der Waals surface area (Å²) in [6.07, 6.45) is 3.24. The number of thioether (sulfide) groups is 1. The maximum Gasteiger partial charge on any atom is 0.697 e. The molecule has 2 aromatic heterocycles. The van der Waals surface area contributed by atoms with E-state index in [1.165, 1.54) is 18.1 Å². The standard InChI is InChI=1S/C18H27N5O5PS/c1-11-7-12(8-27-29(25)26-5-6-30-17(24)18(2,3)4)28-16(11)23-10-22-13-14(19)20-9-21-15(13)23/h9-12,16H,5-8H2,1-4H3,(H2,19,20,21)/q+1. The number of aromatic nitrogens is 4. The third-order valence-electron chi connectivity index (χ3n) is 4.61. The van der Waals surface area contributed by atoms with Gasteiger partial charge in [-0.05, 0) is 6.42 Å². The average Bonchev–Trinajstić information content (AvgIpc) is 3.26. The van der Waals surface area contributed by atoms with Gasteiger partial charge in [-0.15, -0.1) is 9.05 Å². The van der Waals surface area contributed by atoms with Crippen molar-refractivity contribution >= 4 is 42.1 Å². The van der Waals surface area contributed by atoms with E-state index in [2.05, 4.69) is 21.9 Å². The summed E-state index contributed by atoms with van der Waals surface area (Å²) in [5, 5.41) is 0.0701. The SMILES string of the molecule is CC1CC(CO[P+](=O)OCCSC(=O)C(C)(C)C)OC1n1cnc2c(N)ncnc21. The van der Waals surface area contributed by atoms with Crippen LogP contribution in [-0.2, 0) is 23.1 Å². The van der Waals surface area contributed by atoms with Gasteiger partial charge in [-0.25, -0.2) is 15.0 Å². The van der Waals surface area contributed by atoms with E-state index in [9.17, 15) is 9.36 Å². The molecule has 0 spiro atoms. The Balaban J connectivity index is 1.44. The molecule has 12 heteroatoms. The molecule has 3 heterocycles. The van der Waals surface area contributed by atoms with Crippen LogP contribution in [0.25, 0.3) is 11.2 Å². The predicted octanol–water partition coefficient (Wildman–Crippen LogP) is 3.33. The number of nitrogens with zero attached hydrogens (tertiary/aromatic N) is 4. The summed E-state index contributed by atoms with van der Waals surface area (Å²) in [6.45, 7) is 7.95. The molecule has 0 amide bonds. The summed E-state index contributed by atoms with van der Waals surface area (Å²) in [7, 11) is -2.27. The zero-order chi connectivity index (χ0) is 21.9. The number of ether oxygens (including phenoxy) is 1. The molecular weight excluding hydrogens is 429 g/mol. The lowest BCUT2D eigenvalue weighted by molar-refractivity contribution is -0.117. The molecule has 0 aromatic carbocycles. The van der Waals surface area contributed by atoms with E-state index in [0.29, 0.717) is 22.7 Å². The topological polar surface area (TPSA) is 131 Å². The smallest absolute Gasteiger partial charge is 0.382 e. The molecule has 1 aliphatic heterocycles. The molecule has 1 saturated heterocycles. The molecule has 1 aliphatic rings. The van der Waals surface area contributed by atoms with Gasteiger partial charge in [0.1, 0.15) is 31.3 Å². The van der Waals surface area contributed by atoms with Gasteiger partial charge in [-0.2, -0.15) is 0 Å². The Hall–Kier alpha value is -1.65. The Labute approximate surface area is 180 Å². The van der Waals surface area contributed by atoms with E-state index in [1.807, 2.05) is 25.3 Å². The van der Waals surface area contributed by atoms with Crippen LogP contribution in [0, 0.1) is 11.3 Å². The largest absolute Gasteiger partial charge is 0.697 e. The third-order valence-corrected chi connectivity index (χ3v) is 6.60. The molecule has 4 atom stereocenters. The lowest BCUT2D eigenvalue weighted by atomic mass is 10.00. The van der Waals surface area contributed by atoms with Gasteiger partial charge < -0.3 is 10.5 Å². The van der Waals surface area contributed by atoms with Crippen molar-refractivity contribution in [3.63, 3.8) is 0 Å². The van der Waals surface area contributed by atoms with E-state index in [4.69, 9.17) is 19.5 Å². The number of hydrogen-bond acceptors (Lipinski definition) is 10. The molecule has 10 nitrogen and oxygen atoms in total. The van der Waals surface area contributed by atoms with E-state index in [-0.39, 0.29) is 36.6 Å². The Bertz CT molecular complexity index is 918. The van der Waals surface area contributed by atoms with Crippen LogP contribution in [0.3, 0.4) is 0 Å². The molecule has 30 heavy (non-hydrogen) atoms. The minimum Gasteiger partial charge on any atom is -0.382 e. The van der Waals surface area contributed by atoms with E-state index in [1.54, 1.807) is 6.33 Å². The van der Waals surface area contributed by atoms with Crippen LogP contribution in [0.2, 0.25) is 0 Å². The number of imidazole rings is 1. The molecule has 2 aromatic rings. The van der Waals surface area contributed by atoms with Crippen LogP contribution < -0.4 is 5.73 Å². The van der Waals surface area contributed by atoms with Gasteiger partial charge in [0.05, 0.1) is 12.4 Å². The van der Waals surface area contributed by atoms with Gasteiger partial charge in [0.25, 0.3) is 0 Å². The van der Waals surface area contributed by atoms with Crippen molar-refractivity contribution in [3.8, 4) is 0 Å². The molecule has 0 saturated carbocycles. The van der Waals surface area contributed by atoms with Crippen molar-refractivity contribution in [1.82, 2.24) is 19.5 Å². The fourth-order valence-electron chi connectivity index (χ4n) is 3.07. The van der Waals surface area contributed by atoms with Gasteiger partial charge in [0.2, 0.25) is 0 Å². The maximum atomic E-state index is 12.0. The molecule has 164 valence electrons. The van der Waals surface area contributed by atoms with Gasteiger partial charge in [0.15, 0.2) is 16.6 Å². The number of carbonyl (C=O) groups excluding carboxylic acids is 1. The first-order valence-corrected chi connectivity index (χ1v) is 11.7. The first-order chi connectivity index (χ1) is 14.2.